The standard InChI is InChI=1S/C26H21NO3/c1-17-13-14-23-21(15-17)22(16-24(27-23)19-9-5-3-6-10-19)26(29)30-18(2)25(28)20-11-7-4-8-12-20/h3-16,18H,1-2H3. The smallest absolute Gasteiger partial charge is 0.339 e. The van der Waals surface area contributed by atoms with E-state index in [2.05, 4.69) is 0 Å². The second-order valence-electron chi connectivity index (χ2n) is 7.22. The molecule has 0 spiro atoms. The molecule has 0 N–H and O–H groups in total. The molecule has 0 amide bonds. The van der Waals surface area contributed by atoms with Crippen molar-refractivity contribution in [2.24, 2.45) is 0 Å². The Kier molecular flexibility index (Phi) is 5.40. The number of pyridine rings is 1. The normalized spacial score (nSPS) is 11.8. The van der Waals surface area contributed by atoms with Crippen molar-refractivity contribution in [3.63, 3.8) is 0 Å². The number of carbonyl (C=O) groups is 2. The minimum atomic E-state index is -0.895. The molecule has 4 heteroatoms. The number of ether oxygens (including phenoxy) is 1. The molecule has 0 bridgehead atoms. The number of carbonyl (C=O) groups excluding carboxylic acids is 2. The van der Waals surface area contributed by atoms with Crippen LogP contribution < -0.4 is 0 Å². The second kappa shape index (κ2) is 8.29. The molecule has 1 heterocycles. The molecule has 148 valence electrons. The number of fused-ring (bicyclic) bond motifs is 1. The Bertz CT molecular complexity index is 1220. The van der Waals surface area contributed by atoms with Gasteiger partial charge in [0.25, 0.3) is 0 Å². The molecule has 0 radical (unpaired) electrons. The summed E-state index contributed by atoms with van der Waals surface area (Å²) < 4.78 is 5.58. The minimum absolute atomic E-state index is 0.234. The van der Waals surface area contributed by atoms with Gasteiger partial charge in [-0.15, -0.1) is 0 Å². The van der Waals surface area contributed by atoms with E-state index in [4.69, 9.17) is 9.72 Å². The molecule has 1 atom stereocenters. The van der Waals surface area contributed by atoms with Crippen LogP contribution in [0.5, 0.6) is 0 Å². The van der Waals surface area contributed by atoms with E-state index in [1.807, 2.05) is 61.5 Å². The molecule has 0 fully saturated rings. The summed E-state index contributed by atoms with van der Waals surface area (Å²) in [6.07, 6.45) is -0.895. The molecule has 0 aliphatic rings. The van der Waals surface area contributed by atoms with E-state index in [0.717, 1.165) is 11.1 Å². The van der Waals surface area contributed by atoms with Crippen LogP contribution in [0.2, 0.25) is 0 Å². The van der Waals surface area contributed by atoms with Gasteiger partial charge in [0.15, 0.2) is 6.10 Å². The molecule has 30 heavy (non-hydrogen) atoms. The molecule has 0 saturated heterocycles. The summed E-state index contributed by atoms with van der Waals surface area (Å²) in [6, 6.07) is 26.0. The zero-order valence-corrected chi connectivity index (χ0v) is 16.8. The fourth-order valence-electron chi connectivity index (χ4n) is 3.38. The maximum Gasteiger partial charge on any atom is 0.339 e. The van der Waals surface area contributed by atoms with Crippen LogP contribution in [0.3, 0.4) is 0 Å². The first kappa shape index (κ1) is 19.5. The number of hydrogen-bond acceptors (Lipinski definition) is 4. The Balaban J connectivity index is 1.72. The first-order chi connectivity index (χ1) is 14.5. The summed E-state index contributed by atoms with van der Waals surface area (Å²) in [7, 11) is 0. The zero-order valence-electron chi connectivity index (χ0n) is 16.8. The van der Waals surface area contributed by atoms with Gasteiger partial charge in [-0.05, 0) is 32.0 Å². The summed E-state index contributed by atoms with van der Waals surface area (Å²) >= 11 is 0. The van der Waals surface area contributed by atoms with E-state index >= 15 is 0 Å². The first-order valence-electron chi connectivity index (χ1n) is 9.80. The van der Waals surface area contributed by atoms with E-state index < -0.39 is 12.1 Å². The van der Waals surface area contributed by atoms with Crippen LogP contribution in [-0.4, -0.2) is 22.8 Å². The highest BCUT2D eigenvalue weighted by molar-refractivity contribution is 6.07. The van der Waals surface area contributed by atoms with Crippen molar-refractivity contribution in [3.8, 4) is 11.3 Å². The third-order valence-corrected chi connectivity index (χ3v) is 4.97. The second-order valence-corrected chi connectivity index (χ2v) is 7.22. The van der Waals surface area contributed by atoms with Crippen molar-refractivity contribution in [2.45, 2.75) is 20.0 Å². The van der Waals surface area contributed by atoms with Gasteiger partial charge in [0.1, 0.15) is 0 Å². The Labute approximate surface area is 175 Å². The highest BCUT2D eigenvalue weighted by atomic mass is 16.5. The SMILES string of the molecule is Cc1ccc2nc(-c3ccccc3)cc(C(=O)OC(C)C(=O)c3ccccc3)c2c1. The van der Waals surface area contributed by atoms with Crippen molar-refractivity contribution in [1.82, 2.24) is 4.98 Å². The van der Waals surface area contributed by atoms with Crippen LogP contribution in [-0.2, 0) is 4.74 Å². The van der Waals surface area contributed by atoms with Crippen molar-refractivity contribution >= 4 is 22.7 Å². The molecular formula is C26H21NO3. The van der Waals surface area contributed by atoms with Gasteiger partial charge in [0, 0.05) is 16.5 Å². The monoisotopic (exact) mass is 395 g/mol. The van der Waals surface area contributed by atoms with E-state index in [1.54, 1.807) is 37.3 Å². The first-order valence-corrected chi connectivity index (χ1v) is 9.80. The average molecular weight is 395 g/mol. The lowest BCUT2D eigenvalue weighted by molar-refractivity contribution is 0.0320. The van der Waals surface area contributed by atoms with Crippen molar-refractivity contribution in [2.75, 3.05) is 0 Å². The fourth-order valence-corrected chi connectivity index (χ4v) is 3.38. The van der Waals surface area contributed by atoms with Crippen LogP contribution in [0.15, 0.2) is 84.9 Å². The predicted molar refractivity (Wildman–Crippen MR) is 118 cm³/mol. The maximum atomic E-state index is 13.1. The van der Waals surface area contributed by atoms with Gasteiger partial charge in [0.2, 0.25) is 5.78 Å². The van der Waals surface area contributed by atoms with Crippen LogP contribution in [0.25, 0.3) is 22.2 Å². The summed E-state index contributed by atoms with van der Waals surface area (Å²) in [6.45, 7) is 3.56. The Morgan fingerprint density at radius 1 is 0.867 bits per heavy atom. The Morgan fingerprint density at radius 2 is 1.53 bits per heavy atom. The van der Waals surface area contributed by atoms with Crippen molar-refractivity contribution in [3.05, 3.63) is 102 Å². The largest absolute Gasteiger partial charge is 0.451 e. The number of aryl methyl sites for hydroxylation is 1. The number of Topliss-reactive ketones (excluding diaryl/α,β-unsaturated/α-hetero) is 1. The summed E-state index contributed by atoms with van der Waals surface area (Å²) in [5, 5.41) is 0.707. The van der Waals surface area contributed by atoms with Gasteiger partial charge in [-0.3, -0.25) is 4.79 Å². The van der Waals surface area contributed by atoms with Gasteiger partial charge >= 0.3 is 5.97 Å². The number of nitrogens with zero attached hydrogens (tertiary/aromatic N) is 1. The van der Waals surface area contributed by atoms with Gasteiger partial charge in [-0.1, -0.05) is 72.3 Å². The predicted octanol–water partition coefficient (Wildman–Crippen LogP) is 5.64. The third-order valence-electron chi connectivity index (χ3n) is 4.97. The maximum absolute atomic E-state index is 13.1. The van der Waals surface area contributed by atoms with E-state index in [-0.39, 0.29) is 5.78 Å². The van der Waals surface area contributed by atoms with Crippen LogP contribution >= 0.6 is 0 Å². The number of ketones is 1. The zero-order chi connectivity index (χ0) is 21.1. The fraction of sp³-hybridized carbons (Fsp3) is 0.115. The Hall–Kier alpha value is -3.79. The summed E-state index contributed by atoms with van der Waals surface area (Å²) in [4.78, 5) is 30.4. The van der Waals surface area contributed by atoms with E-state index in [0.29, 0.717) is 27.7 Å². The topological polar surface area (TPSA) is 56.3 Å². The molecule has 1 aromatic heterocycles. The molecule has 0 saturated carbocycles. The molecule has 4 rings (SSSR count). The van der Waals surface area contributed by atoms with Gasteiger partial charge in [-0.25, -0.2) is 9.78 Å². The van der Waals surface area contributed by atoms with E-state index in [1.165, 1.54) is 0 Å². The minimum Gasteiger partial charge on any atom is -0.451 e. The molecule has 4 aromatic rings. The van der Waals surface area contributed by atoms with E-state index in [9.17, 15) is 9.59 Å². The molecule has 3 aromatic carbocycles. The average Bonchev–Trinajstić information content (AvgIpc) is 2.79. The number of aromatic nitrogens is 1. The summed E-state index contributed by atoms with van der Waals surface area (Å²) in [5.41, 5.74) is 4.21. The summed E-state index contributed by atoms with van der Waals surface area (Å²) in [5.74, 6) is -0.774. The molecule has 0 aliphatic heterocycles. The molecule has 1 unspecified atom stereocenters. The lowest BCUT2D eigenvalue weighted by Gasteiger charge is -2.15. The lowest BCUT2D eigenvalue weighted by atomic mass is 10.0. The van der Waals surface area contributed by atoms with Crippen LogP contribution in [0.4, 0.5) is 0 Å². The number of benzene rings is 3. The number of esters is 1. The van der Waals surface area contributed by atoms with Gasteiger partial charge < -0.3 is 4.74 Å². The highest BCUT2D eigenvalue weighted by Gasteiger charge is 2.22. The van der Waals surface area contributed by atoms with Gasteiger partial charge in [-0.2, -0.15) is 0 Å². The number of hydrogen-bond donors (Lipinski definition) is 0. The quantitative estimate of drug-likeness (QED) is 0.324. The van der Waals surface area contributed by atoms with Gasteiger partial charge in [0.05, 0.1) is 16.8 Å². The molecular weight excluding hydrogens is 374 g/mol. The van der Waals surface area contributed by atoms with Crippen LogP contribution in [0.1, 0.15) is 33.2 Å². The lowest BCUT2D eigenvalue weighted by Crippen LogP contribution is -2.24. The Morgan fingerprint density at radius 3 is 2.23 bits per heavy atom. The van der Waals surface area contributed by atoms with Crippen LogP contribution in [0, 0.1) is 6.92 Å². The molecule has 0 aliphatic carbocycles. The van der Waals surface area contributed by atoms with Crippen molar-refractivity contribution < 1.29 is 14.3 Å². The third kappa shape index (κ3) is 3.98. The molecule has 4 nitrogen and oxygen atoms in total. The highest BCUT2D eigenvalue weighted by Crippen LogP contribution is 2.26. The van der Waals surface area contributed by atoms with Crippen molar-refractivity contribution in [1.29, 1.82) is 0 Å². The number of rotatable bonds is 5.